The Labute approximate surface area is 129 Å². The van der Waals surface area contributed by atoms with Gasteiger partial charge in [-0.3, -0.25) is 0 Å². The van der Waals surface area contributed by atoms with Crippen molar-refractivity contribution in [1.82, 2.24) is 4.57 Å². The maximum atomic E-state index is 10.1. The van der Waals surface area contributed by atoms with E-state index in [1.165, 1.54) is 0 Å². The van der Waals surface area contributed by atoms with E-state index in [2.05, 4.69) is 9.13 Å². The number of benzene rings is 1. The van der Waals surface area contributed by atoms with Crippen molar-refractivity contribution in [2.75, 3.05) is 5.75 Å². The Morgan fingerprint density at radius 2 is 2.00 bits per heavy atom. The predicted octanol–water partition coefficient (Wildman–Crippen LogP) is -1.32. The van der Waals surface area contributed by atoms with Crippen molar-refractivity contribution >= 4 is 11.8 Å². The predicted molar refractivity (Wildman–Crippen MR) is 68.7 cm³/mol. The van der Waals surface area contributed by atoms with Crippen molar-refractivity contribution < 1.29 is 33.7 Å². The molecule has 1 heterocycles. The van der Waals surface area contributed by atoms with Crippen molar-refractivity contribution in [3.8, 4) is 0 Å². The molecule has 0 bridgehead atoms. The monoisotopic (exact) mass is 376 g/mol. The molecule has 0 spiro atoms. The van der Waals surface area contributed by atoms with Crippen LogP contribution in [0.15, 0.2) is 47.9 Å². The smallest absolute Gasteiger partial charge is 0.317 e. The highest BCUT2D eigenvalue weighted by molar-refractivity contribution is 7.99. The highest BCUT2D eigenvalue weighted by atomic mass is 127. The van der Waals surface area contributed by atoms with Gasteiger partial charge in [-0.05, 0) is 17.3 Å². The third kappa shape index (κ3) is 3.73. The number of aryl methyl sites for hydroxylation is 2. The van der Waals surface area contributed by atoms with Crippen LogP contribution in [0, 0.1) is 0 Å². The molecule has 1 aromatic carbocycles. The molecule has 0 amide bonds. The van der Waals surface area contributed by atoms with Gasteiger partial charge in [0.05, 0.1) is 20.2 Å². The van der Waals surface area contributed by atoms with E-state index in [1.54, 1.807) is 11.8 Å². The van der Waals surface area contributed by atoms with Crippen LogP contribution in [0.2, 0.25) is 0 Å². The van der Waals surface area contributed by atoms with Crippen molar-refractivity contribution in [1.29, 1.82) is 0 Å². The molecular weight excluding hydrogens is 359 g/mol. The summed E-state index contributed by atoms with van der Waals surface area (Å²) in [5.74, 6) is 0.662. The molecule has 1 N–H and O–H groups in total. The number of aromatic nitrogens is 2. The van der Waals surface area contributed by atoms with Gasteiger partial charge in [-0.15, -0.1) is 0 Å². The van der Waals surface area contributed by atoms with Crippen LogP contribution in [0.3, 0.4) is 0 Å². The van der Waals surface area contributed by atoms with Gasteiger partial charge in [0.25, 0.3) is 0 Å². The molecule has 0 radical (unpaired) electrons. The zero-order valence-electron chi connectivity index (χ0n) is 10.5. The molecule has 2 rings (SSSR count). The van der Waals surface area contributed by atoms with E-state index in [9.17, 15) is 5.11 Å². The molecule has 0 saturated heterocycles. The summed E-state index contributed by atoms with van der Waals surface area (Å²) in [6, 6.07) is 9.77. The quantitative estimate of drug-likeness (QED) is 0.408. The Morgan fingerprint density at radius 3 is 2.56 bits per heavy atom. The Kier molecular flexibility index (Phi) is 6.17. The number of hydrogen-bond acceptors (Lipinski definition) is 2. The summed E-state index contributed by atoms with van der Waals surface area (Å²) in [5, 5.41) is 11.2. The molecule has 0 aliphatic rings. The lowest BCUT2D eigenvalue weighted by Gasteiger charge is -2.08. The summed E-state index contributed by atoms with van der Waals surface area (Å²) < 4.78 is 4.12. The lowest BCUT2D eigenvalue weighted by molar-refractivity contribution is -0.709. The van der Waals surface area contributed by atoms with Crippen LogP contribution < -0.4 is 28.5 Å². The zero-order chi connectivity index (χ0) is 12.3. The molecule has 1 unspecified atom stereocenters. The Morgan fingerprint density at radius 1 is 1.33 bits per heavy atom. The Bertz CT molecular complexity index is 467. The fraction of sp³-hybridized carbons (Fsp3) is 0.308. The van der Waals surface area contributed by atoms with Crippen LogP contribution >= 0.6 is 11.8 Å². The van der Waals surface area contributed by atoms with Gasteiger partial charge < -0.3 is 29.1 Å². The van der Waals surface area contributed by atoms with Gasteiger partial charge >= 0.3 is 5.16 Å². The van der Waals surface area contributed by atoms with Crippen LogP contribution in [0.5, 0.6) is 0 Å². The summed E-state index contributed by atoms with van der Waals surface area (Å²) in [5.41, 5.74) is 0.969. The number of thioether (sulfide) groups is 1. The number of rotatable bonds is 4. The summed E-state index contributed by atoms with van der Waals surface area (Å²) >= 11 is 1.66. The number of nitrogens with zero attached hydrogens (tertiary/aromatic N) is 2. The molecule has 98 valence electrons. The highest BCUT2D eigenvalue weighted by Crippen LogP contribution is 2.22. The van der Waals surface area contributed by atoms with Crippen LogP contribution in [-0.2, 0) is 14.1 Å². The number of aliphatic hydroxyl groups is 1. The maximum absolute atomic E-state index is 10.1. The summed E-state index contributed by atoms with van der Waals surface area (Å²) in [6.45, 7) is 0. The minimum Gasteiger partial charge on any atom is -1.00 e. The third-order valence-corrected chi connectivity index (χ3v) is 3.99. The second-order valence-electron chi connectivity index (χ2n) is 4.04. The van der Waals surface area contributed by atoms with Gasteiger partial charge in [0.2, 0.25) is 0 Å². The molecular formula is C13H17IN2OS. The molecule has 2 aromatic rings. The average molecular weight is 376 g/mol. The van der Waals surface area contributed by atoms with Gasteiger partial charge in [0, 0.05) is 5.75 Å². The molecule has 0 aliphatic heterocycles. The molecule has 0 aliphatic carbocycles. The van der Waals surface area contributed by atoms with Crippen molar-refractivity contribution in [3.63, 3.8) is 0 Å². The van der Waals surface area contributed by atoms with Crippen LogP contribution in [0.25, 0.3) is 0 Å². The van der Waals surface area contributed by atoms with Crippen LogP contribution in [0.1, 0.15) is 11.7 Å². The molecule has 1 atom stereocenters. The van der Waals surface area contributed by atoms with E-state index in [1.807, 2.05) is 56.8 Å². The first-order chi connectivity index (χ1) is 8.18. The SMILES string of the molecule is Cn1cc[n+](C)c1SCC(O)c1ccccc1.[I-]. The standard InChI is InChI=1S/C13H17N2OS.HI/c1-14-8-9-15(2)13(14)17-10-12(16)11-6-4-3-5-7-11;/h3-9,12,16H,10H2,1-2H3;1H/q+1;/p-1. The minimum atomic E-state index is -0.420. The minimum absolute atomic E-state index is 0. The molecule has 18 heavy (non-hydrogen) atoms. The largest absolute Gasteiger partial charge is 1.00 e. The Balaban J connectivity index is 0.00000162. The first kappa shape index (κ1) is 15.5. The summed E-state index contributed by atoms with van der Waals surface area (Å²) in [6.07, 6.45) is 3.60. The van der Waals surface area contributed by atoms with E-state index >= 15 is 0 Å². The number of imidazole rings is 1. The van der Waals surface area contributed by atoms with Crippen LogP contribution in [0.4, 0.5) is 0 Å². The van der Waals surface area contributed by atoms with Crippen molar-refractivity contribution in [2.45, 2.75) is 11.3 Å². The van der Waals surface area contributed by atoms with Gasteiger partial charge in [0.15, 0.2) is 0 Å². The average Bonchev–Trinajstić information content (AvgIpc) is 2.67. The topological polar surface area (TPSA) is 29.0 Å². The second-order valence-corrected chi connectivity index (χ2v) is 5.03. The third-order valence-electron chi connectivity index (χ3n) is 2.67. The fourth-order valence-corrected chi connectivity index (χ4v) is 2.73. The number of aliphatic hydroxyl groups excluding tert-OH is 1. The molecule has 1 aromatic heterocycles. The zero-order valence-corrected chi connectivity index (χ0v) is 13.4. The first-order valence-electron chi connectivity index (χ1n) is 5.55. The van der Waals surface area contributed by atoms with Gasteiger partial charge in [-0.2, -0.15) is 0 Å². The number of halogens is 1. The number of hydrogen-bond donors (Lipinski definition) is 1. The summed E-state index contributed by atoms with van der Waals surface area (Å²) in [7, 11) is 4.02. The Hall–Kier alpha value is -0.530. The lowest BCUT2D eigenvalue weighted by atomic mass is 10.1. The van der Waals surface area contributed by atoms with Gasteiger partial charge in [-0.25, -0.2) is 9.13 Å². The van der Waals surface area contributed by atoms with Gasteiger partial charge in [0.1, 0.15) is 12.4 Å². The first-order valence-corrected chi connectivity index (χ1v) is 6.54. The summed E-state index contributed by atoms with van der Waals surface area (Å²) in [4.78, 5) is 0. The van der Waals surface area contributed by atoms with E-state index in [-0.39, 0.29) is 24.0 Å². The molecule has 5 heteroatoms. The van der Waals surface area contributed by atoms with E-state index < -0.39 is 6.10 Å². The highest BCUT2D eigenvalue weighted by Gasteiger charge is 2.15. The second kappa shape index (κ2) is 7.16. The molecule has 3 nitrogen and oxygen atoms in total. The molecule has 0 saturated carbocycles. The van der Waals surface area contributed by atoms with Crippen LogP contribution in [-0.4, -0.2) is 15.4 Å². The van der Waals surface area contributed by atoms with Gasteiger partial charge in [-0.1, -0.05) is 30.3 Å². The lowest BCUT2D eigenvalue weighted by Crippen LogP contribution is -3.00. The molecule has 0 fully saturated rings. The normalized spacial score (nSPS) is 11.9. The van der Waals surface area contributed by atoms with E-state index in [0.29, 0.717) is 5.75 Å². The van der Waals surface area contributed by atoms with E-state index in [4.69, 9.17) is 0 Å². The van der Waals surface area contributed by atoms with Crippen molar-refractivity contribution in [2.24, 2.45) is 14.1 Å². The maximum Gasteiger partial charge on any atom is 0.317 e. The van der Waals surface area contributed by atoms with E-state index in [0.717, 1.165) is 10.7 Å². The fourth-order valence-electron chi connectivity index (χ4n) is 1.70. The van der Waals surface area contributed by atoms with Crippen molar-refractivity contribution in [3.05, 3.63) is 48.3 Å².